The third-order valence-corrected chi connectivity index (χ3v) is 3.78. The zero-order valence-corrected chi connectivity index (χ0v) is 18.5. The summed E-state index contributed by atoms with van der Waals surface area (Å²) in [4.78, 5) is 4.09. The largest absolute Gasteiger partial charge is 0.433 e. The molecule has 0 atom stereocenters. The molecule has 0 heterocycles. The molecule has 26 heavy (non-hydrogen) atoms. The molecule has 0 aliphatic heterocycles. The lowest BCUT2D eigenvalue weighted by Crippen LogP contribution is -2.37. The molecule has 10 heteroatoms. The second-order valence-corrected chi connectivity index (χ2v) is 6.00. The monoisotopic (exact) mass is 525 g/mol. The van der Waals surface area contributed by atoms with Gasteiger partial charge in [0.1, 0.15) is 5.75 Å². The summed E-state index contributed by atoms with van der Waals surface area (Å²) in [7, 11) is 3.31. The van der Waals surface area contributed by atoms with Crippen LogP contribution in [0.2, 0.25) is 10.0 Å². The summed E-state index contributed by atoms with van der Waals surface area (Å²) >= 11 is 11.9. The van der Waals surface area contributed by atoms with Crippen LogP contribution in [0.4, 0.5) is 8.78 Å². The Balaban J connectivity index is 0.00000625. The first kappa shape index (κ1) is 25.4. The molecule has 0 bridgehead atoms. The van der Waals surface area contributed by atoms with E-state index in [1.54, 1.807) is 14.2 Å². The highest BCUT2D eigenvalue weighted by atomic mass is 127. The standard InChI is InChI=1S/C16H23Cl2F2N3O2.HI/c1-21-16(22-6-4-3-5-7-24-2)23-10-11-8-12(17)9-13(18)14(11)25-15(19)20;/h8-9,15H,3-7,10H2,1-2H3,(H2,21,22,23);1H. The van der Waals surface area contributed by atoms with Crippen molar-refractivity contribution in [3.05, 3.63) is 27.7 Å². The van der Waals surface area contributed by atoms with Crippen molar-refractivity contribution in [1.29, 1.82) is 0 Å². The van der Waals surface area contributed by atoms with Crippen molar-refractivity contribution in [1.82, 2.24) is 10.6 Å². The number of hydrogen-bond donors (Lipinski definition) is 2. The Kier molecular flexibility index (Phi) is 14.2. The van der Waals surface area contributed by atoms with Crippen LogP contribution in [-0.4, -0.2) is 39.9 Å². The summed E-state index contributed by atoms with van der Waals surface area (Å²) in [5, 5.41) is 6.55. The second-order valence-electron chi connectivity index (χ2n) is 5.16. The topological polar surface area (TPSA) is 54.9 Å². The highest BCUT2D eigenvalue weighted by molar-refractivity contribution is 14.0. The first-order valence-corrected chi connectivity index (χ1v) is 8.59. The van der Waals surface area contributed by atoms with E-state index in [4.69, 9.17) is 27.9 Å². The Morgan fingerprint density at radius 2 is 1.92 bits per heavy atom. The Morgan fingerprint density at radius 1 is 1.19 bits per heavy atom. The van der Waals surface area contributed by atoms with E-state index >= 15 is 0 Å². The van der Waals surface area contributed by atoms with Gasteiger partial charge in [0.25, 0.3) is 0 Å². The first-order valence-electron chi connectivity index (χ1n) is 7.84. The van der Waals surface area contributed by atoms with Gasteiger partial charge in [-0.3, -0.25) is 4.99 Å². The molecule has 1 aromatic rings. The van der Waals surface area contributed by atoms with Crippen LogP contribution in [0.1, 0.15) is 24.8 Å². The minimum absolute atomic E-state index is 0. The van der Waals surface area contributed by atoms with Crippen molar-refractivity contribution in [3.63, 3.8) is 0 Å². The van der Waals surface area contributed by atoms with Gasteiger partial charge in [0.2, 0.25) is 0 Å². The van der Waals surface area contributed by atoms with E-state index in [1.165, 1.54) is 12.1 Å². The van der Waals surface area contributed by atoms with Gasteiger partial charge in [-0.1, -0.05) is 23.2 Å². The molecule has 1 aromatic carbocycles. The maximum atomic E-state index is 12.6. The number of hydrogen-bond acceptors (Lipinski definition) is 3. The Morgan fingerprint density at radius 3 is 2.54 bits per heavy atom. The minimum Gasteiger partial charge on any atom is -0.433 e. The lowest BCUT2D eigenvalue weighted by molar-refractivity contribution is -0.0504. The molecule has 150 valence electrons. The first-order chi connectivity index (χ1) is 12.0. The van der Waals surface area contributed by atoms with Gasteiger partial charge < -0.3 is 20.1 Å². The van der Waals surface area contributed by atoms with Crippen LogP contribution in [-0.2, 0) is 11.3 Å². The number of unbranched alkanes of at least 4 members (excludes halogenated alkanes) is 2. The highest BCUT2D eigenvalue weighted by Crippen LogP contribution is 2.33. The number of guanidine groups is 1. The Bertz CT molecular complexity index is 567. The van der Waals surface area contributed by atoms with Crippen molar-refractivity contribution in [3.8, 4) is 5.75 Å². The average Bonchev–Trinajstić information content (AvgIpc) is 2.56. The van der Waals surface area contributed by atoms with E-state index in [0.717, 1.165) is 32.4 Å². The summed E-state index contributed by atoms with van der Waals surface area (Å²) in [6, 6.07) is 2.88. The molecule has 0 unspecified atom stereocenters. The maximum absolute atomic E-state index is 12.6. The van der Waals surface area contributed by atoms with Crippen LogP contribution in [0.25, 0.3) is 0 Å². The number of aliphatic imine (C=N–C) groups is 1. The second kappa shape index (κ2) is 14.5. The lowest BCUT2D eigenvalue weighted by Gasteiger charge is -2.16. The quantitative estimate of drug-likeness (QED) is 0.201. The lowest BCUT2D eigenvalue weighted by atomic mass is 10.2. The molecule has 5 nitrogen and oxygen atoms in total. The number of alkyl halides is 2. The van der Waals surface area contributed by atoms with Crippen molar-refractivity contribution in [2.75, 3.05) is 27.3 Å². The van der Waals surface area contributed by atoms with Gasteiger partial charge in [-0.2, -0.15) is 8.78 Å². The maximum Gasteiger partial charge on any atom is 0.387 e. The molecule has 0 saturated carbocycles. The zero-order valence-electron chi connectivity index (χ0n) is 14.7. The van der Waals surface area contributed by atoms with Crippen molar-refractivity contribution >= 4 is 53.1 Å². The van der Waals surface area contributed by atoms with Crippen molar-refractivity contribution in [2.45, 2.75) is 32.4 Å². The number of ether oxygens (including phenoxy) is 2. The number of benzene rings is 1. The van der Waals surface area contributed by atoms with Crippen LogP contribution in [0.15, 0.2) is 17.1 Å². The Labute approximate surface area is 179 Å². The molecule has 1 rings (SSSR count). The number of rotatable bonds is 10. The van der Waals surface area contributed by atoms with Gasteiger partial charge in [0, 0.05) is 44.4 Å². The van der Waals surface area contributed by atoms with E-state index in [9.17, 15) is 8.78 Å². The SMILES string of the molecule is CN=C(NCCCCCOC)NCc1cc(Cl)cc(Cl)c1OC(F)F.I. The third kappa shape index (κ3) is 9.94. The van der Waals surface area contributed by atoms with E-state index in [1.807, 2.05) is 0 Å². The van der Waals surface area contributed by atoms with Gasteiger partial charge in [-0.05, 0) is 31.4 Å². The number of methoxy groups -OCH3 is 1. The predicted octanol–water partition coefficient (Wildman–Crippen LogP) is 4.69. The van der Waals surface area contributed by atoms with Crippen LogP contribution in [0.5, 0.6) is 5.75 Å². The summed E-state index contributed by atoms with van der Waals surface area (Å²) < 4.78 is 34.6. The normalized spacial score (nSPS) is 11.3. The predicted molar refractivity (Wildman–Crippen MR) is 112 cm³/mol. The summed E-state index contributed by atoms with van der Waals surface area (Å²) in [5.74, 6) is 0.453. The van der Waals surface area contributed by atoms with Gasteiger partial charge >= 0.3 is 6.61 Å². The minimum atomic E-state index is -2.97. The molecule has 0 aliphatic rings. The van der Waals surface area contributed by atoms with Crippen LogP contribution in [0.3, 0.4) is 0 Å². The van der Waals surface area contributed by atoms with Crippen LogP contribution < -0.4 is 15.4 Å². The number of nitrogens with one attached hydrogen (secondary N) is 2. The molecule has 0 saturated heterocycles. The Hall–Kier alpha value is -0.580. The number of halogens is 5. The van der Waals surface area contributed by atoms with Gasteiger partial charge in [-0.15, -0.1) is 24.0 Å². The van der Waals surface area contributed by atoms with Gasteiger partial charge in [0.05, 0.1) is 5.02 Å². The molecule has 0 amide bonds. The molecule has 0 spiro atoms. The number of nitrogens with zero attached hydrogens (tertiary/aromatic N) is 1. The van der Waals surface area contributed by atoms with E-state index in [-0.39, 0.29) is 41.3 Å². The van der Waals surface area contributed by atoms with Crippen molar-refractivity contribution in [2.24, 2.45) is 4.99 Å². The summed E-state index contributed by atoms with van der Waals surface area (Å²) in [6.07, 6.45) is 3.00. The van der Waals surface area contributed by atoms with Gasteiger partial charge in [0.15, 0.2) is 5.96 Å². The highest BCUT2D eigenvalue weighted by Gasteiger charge is 2.15. The van der Waals surface area contributed by atoms with Crippen molar-refractivity contribution < 1.29 is 18.3 Å². The summed E-state index contributed by atoms with van der Waals surface area (Å²) in [6.45, 7) is -1.30. The average molecular weight is 526 g/mol. The molecule has 0 aliphatic carbocycles. The summed E-state index contributed by atoms with van der Waals surface area (Å²) in [5.41, 5.74) is 0.417. The fourth-order valence-electron chi connectivity index (χ4n) is 2.12. The fraction of sp³-hybridized carbons (Fsp3) is 0.562. The zero-order chi connectivity index (χ0) is 18.7. The molecular weight excluding hydrogens is 502 g/mol. The smallest absolute Gasteiger partial charge is 0.387 e. The van der Waals surface area contributed by atoms with Gasteiger partial charge in [-0.25, -0.2) is 0 Å². The fourth-order valence-corrected chi connectivity index (χ4v) is 2.70. The molecule has 2 N–H and O–H groups in total. The van der Waals surface area contributed by atoms with E-state index in [0.29, 0.717) is 16.5 Å². The molecular formula is C16H24Cl2F2IN3O2. The molecule has 0 radical (unpaired) electrons. The third-order valence-electron chi connectivity index (χ3n) is 3.28. The molecule has 0 aromatic heterocycles. The van der Waals surface area contributed by atoms with Crippen LogP contribution in [0, 0.1) is 0 Å². The van der Waals surface area contributed by atoms with E-state index in [2.05, 4.69) is 20.4 Å². The van der Waals surface area contributed by atoms with Crippen LogP contribution >= 0.6 is 47.2 Å². The van der Waals surface area contributed by atoms with E-state index < -0.39 is 6.61 Å². The molecule has 0 fully saturated rings.